The first-order valence-corrected chi connectivity index (χ1v) is 6.71. The lowest BCUT2D eigenvalue weighted by Crippen LogP contribution is -2.10. The molecule has 0 aliphatic rings. The number of H-pyrrole nitrogens is 1. The third-order valence-electron chi connectivity index (χ3n) is 2.67. The average molecular weight is 271 g/mol. The van der Waals surface area contributed by atoms with E-state index in [1.807, 2.05) is 18.2 Å². The summed E-state index contributed by atoms with van der Waals surface area (Å²) in [7, 11) is 0. The Bertz CT molecular complexity index is 773. The van der Waals surface area contributed by atoms with E-state index in [9.17, 15) is 9.35 Å². The zero-order chi connectivity index (χ0) is 13.2. The zero-order valence-electron chi connectivity index (χ0n) is 9.74. The molecule has 1 N–H and O–H groups in total. The van der Waals surface area contributed by atoms with E-state index in [1.54, 1.807) is 18.2 Å². The van der Waals surface area contributed by atoms with Crippen molar-refractivity contribution in [2.24, 2.45) is 0 Å². The van der Waals surface area contributed by atoms with E-state index in [2.05, 4.69) is 15.2 Å². The molecule has 5 nitrogen and oxygen atoms in total. The molecule has 0 aliphatic heterocycles. The SMILES string of the molecule is O=c1[nH]ncc2cc([S+]([O-])c3ccccc3)ncc12. The molecule has 0 saturated heterocycles. The fraction of sp³-hybridized carbons (Fsp3) is 0. The van der Waals surface area contributed by atoms with Gasteiger partial charge in [-0.05, 0) is 12.1 Å². The van der Waals surface area contributed by atoms with Crippen LogP contribution in [0, 0.1) is 0 Å². The molecule has 0 bridgehead atoms. The van der Waals surface area contributed by atoms with Crippen molar-refractivity contribution in [1.82, 2.24) is 15.2 Å². The van der Waals surface area contributed by atoms with Gasteiger partial charge >= 0.3 is 0 Å². The van der Waals surface area contributed by atoms with Crippen molar-refractivity contribution in [1.29, 1.82) is 0 Å². The highest BCUT2D eigenvalue weighted by Gasteiger charge is 2.16. The Morgan fingerprint density at radius 3 is 2.74 bits per heavy atom. The summed E-state index contributed by atoms with van der Waals surface area (Å²) in [6.07, 6.45) is 2.94. The molecule has 6 heteroatoms. The minimum Gasteiger partial charge on any atom is -0.605 e. The molecule has 0 fully saturated rings. The van der Waals surface area contributed by atoms with Gasteiger partial charge in [-0.2, -0.15) is 5.10 Å². The lowest BCUT2D eigenvalue weighted by molar-refractivity contribution is 0.591. The van der Waals surface area contributed by atoms with Crippen LogP contribution in [0.4, 0.5) is 0 Å². The van der Waals surface area contributed by atoms with Crippen LogP contribution in [0.1, 0.15) is 0 Å². The van der Waals surface area contributed by atoms with E-state index in [0.29, 0.717) is 20.7 Å². The summed E-state index contributed by atoms with van der Waals surface area (Å²) < 4.78 is 12.3. The van der Waals surface area contributed by atoms with Gasteiger partial charge in [0, 0.05) is 28.8 Å². The molecule has 2 heterocycles. The van der Waals surface area contributed by atoms with Gasteiger partial charge in [0.25, 0.3) is 10.6 Å². The van der Waals surface area contributed by atoms with Crippen LogP contribution in [-0.2, 0) is 11.2 Å². The summed E-state index contributed by atoms with van der Waals surface area (Å²) in [6.45, 7) is 0. The molecule has 1 aromatic carbocycles. The van der Waals surface area contributed by atoms with Crippen molar-refractivity contribution in [3.63, 3.8) is 0 Å². The van der Waals surface area contributed by atoms with Crippen molar-refractivity contribution in [3.05, 3.63) is 59.1 Å². The number of fused-ring (bicyclic) bond motifs is 1. The Morgan fingerprint density at radius 2 is 1.95 bits per heavy atom. The van der Waals surface area contributed by atoms with Crippen molar-refractivity contribution in [3.8, 4) is 0 Å². The van der Waals surface area contributed by atoms with Gasteiger partial charge < -0.3 is 4.55 Å². The molecular formula is C13H9N3O2S. The van der Waals surface area contributed by atoms with Crippen LogP contribution in [0.25, 0.3) is 10.8 Å². The van der Waals surface area contributed by atoms with E-state index < -0.39 is 11.2 Å². The Hall–Kier alpha value is -2.18. The fourth-order valence-electron chi connectivity index (χ4n) is 1.73. The average Bonchev–Trinajstić information content (AvgIpc) is 2.47. The summed E-state index contributed by atoms with van der Waals surface area (Å²) in [6, 6.07) is 10.7. The molecule has 1 atom stereocenters. The van der Waals surface area contributed by atoms with Crippen LogP contribution in [-0.4, -0.2) is 19.7 Å². The molecule has 3 aromatic rings. The lowest BCUT2D eigenvalue weighted by Gasteiger charge is -2.08. The van der Waals surface area contributed by atoms with Gasteiger partial charge in [-0.25, -0.2) is 10.1 Å². The first-order valence-electron chi connectivity index (χ1n) is 5.56. The second-order valence-electron chi connectivity index (χ2n) is 3.89. The van der Waals surface area contributed by atoms with Gasteiger partial charge in [-0.3, -0.25) is 4.79 Å². The number of hydrogen-bond acceptors (Lipinski definition) is 4. The van der Waals surface area contributed by atoms with Crippen molar-refractivity contribution < 1.29 is 4.55 Å². The summed E-state index contributed by atoms with van der Waals surface area (Å²) in [5.74, 6) is 0. The van der Waals surface area contributed by atoms with E-state index in [4.69, 9.17) is 0 Å². The predicted molar refractivity (Wildman–Crippen MR) is 71.3 cm³/mol. The molecule has 0 spiro atoms. The van der Waals surface area contributed by atoms with Crippen LogP contribution in [0.3, 0.4) is 0 Å². The van der Waals surface area contributed by atoms with Gasteiger partial charge in [0.05, 0.1) is 11.6 Å². The number of benzene rings is 1. The molecule has 0 amide bonds. The molecule has 1 unspecified atom stereocenters. The molecule has 94 valence electrons. The summed E-state index contributed by atoms with van der Waals surface area (Å²) in [5, 5.41) is 7.52. The molecular weight excluding hydrogens is 262 g/mol. The maximum absolute atomic E-state index is 12.3. The normalized spacial score (nSPS) is 12.5. The summed E-state index contributed by atoms with van der Waals surface area (Å²) >= 11 is -1.36. The molecule has 19 heavy (non-hydrogen) atoms. The van der Waals surface area contributed by atoms with Crippen molar-refractivity contribution >= 4 is 21.9 Å². The second-order valence-corrected chi connectivity index (χ2v) is 5.32. The highest BCUT2D eigenvalue weighted by Crippen LogP contribution is 2.20. The minimum atomic E-state index is -1.36. The zero-order valence-corrected chi connectivity index (χ0v) is 10.6. The minimum absolute atomic E-state index is 0.304. The van der Waals surface area contributed by atoms with Gasteiger partial charge in [-0.1, -0.05) is 18.2 Å². The van der Waals surface area contributed by atoms with Crippen LogP contribution in [0.15, 0.2) is 63.5 Å². The molecule has 0 radical (unpaired) electrons. The number of nitrogens with zero attached hydrogens (tertiary/aromatic N) is 2. The lowest BCUT2D eigenvalue weighted by atomic mass is 10.3. The number of hydrogen-bond donors (Lipinski definition) is 1. The standard InChI is InChI=1S/C13H9N3O2S/c17-13-11-8-14-12(6-9(11)7-15-16-13)19(18)10-4-2-1-3-5-10/h1-8H,(H,16,17). The van der Waals surface area contributed by atoms with E-state index in [1.165, 1.54) is 12.4 Å². The van der Waals surface area contributed by atoms with Crippen molar-refractivity contribution in [2.75, 3.05) is 0 Å². The predicted octanol–water partition coefficient (Wildman–Crippen LogP) is 1.48. The van der Waals surface area contributed by atoms with Gasteiger partial charge in [0.2, 0.25) is 0 Å². The Labute approximate surface area is 111 Å². The number of pyridine rings is 1. The van der Waals surface area contributed by atoms with Crippen LogP contribution in [0.5, 0.6) is 0 Å². The second kappa shape index (κ2) is 4.83. The smallest absolute Gasteiger partial charge is 0.273 e. The third kappa shape index (κ3) is 2.23. The fourth-order valence-corrected chi connectivity index (χ4v) is 2.76. The van der Waals surface area contributed by atoms with Gasteiger partial charge in [-0.15, -0.1) is 0 Å². The summed E-state index contributed by atoms with van der Waals surface area (Å²) in [4.78, 5) is 16.3. The van der Waals surface area contributed by atoms with Gasteiger partial charge in [0.15, 0.2) is 4.90 Å². The maximum atomic E-state index is 12.3. The Kier molecular flexibility index (Phi) is 3.02. The number of rotatable bonds is 2. The maximum Gasteiger partial charge on any atom is 0.273 e. The quantitative estimate of drug-likeness (QED) is 0.716. The molecule has 2 aromatic heterocycles. The summed E-state index contributed by atoms with van der Waals surface area (Å²) in [5.41, 5.74) is -0.304. The first kappa shape index (κ1) is 11.9. The van der Waals surface area contributed by atoms with Crippen LogP contribution < -0.4 is 5.56 Å². The number of aromatic nitrogens is 3. The molecule has 0 aliphatic carbocycles. The molecule has 3 rings (SSSR count). The first-order chi connectivity index (χ1) is 9.25. The third-order valence-corrected chi connectivity index (χ3v) is 3.98. The largest absolute Gasteiger partial charge is 0.605 e. The highest BCUT2D eigenvalue weighted by atomic mass is 32.2. The Morgan fingerprint density at radius 1 is 1.16 bits per heavy atom. The topological polar surface area (TPSA) is 81.7 Å². The Balaban J connectivity index is 2.09. The number of nitrogens with one attached hydrogen (secondary N) is 1. The van der Waals surface area contributed by atoms with E-state index in [-0.39, 0.29) is 5.56 Å². The van der Waals surface area contributed by atoms with E-state index in [0.717, 1.165) is 0 Å². The molecule has 0 saturated carbocycles. The van der Waals surface area contributed by atoms with Gasteiger partial charge in [0.1, 0.15) is 0 Å². The monoisotopic (exact) mass is 271 g/mol. The van der Waals surface area contributed by atoms with Crippen molar-refractivity contribution in [2.45, 2.75) is 9.92 Å². The van der Waals surface area contributed by atoms with Crippen LogP contribution in [0.2, 0.25) is 0 Å². The number of aromatic amines is 1. The van der Waals surface area contributed by atoms with E-state index >= 15 is 0 Å². The van der Waals surface area contributed by atoms with Crippen LogP contribution >= 0.6 is 0 Å². The highest BCUT2D eigenvalue weighted by molar-refractivity contribution is 7.91.